The molecule has 4 nitrogen and oxygen atoms in total. The first kappa shape index (κ1) is 15.2. The van der Waals surface area contributed by atoms with Gasteiger partial charge in [0.25, 0.3) is 0 Å². The number of fused-ring (bicyclic) bond motifs is 1. The molecular weight excluding hydrogens is 283 g/mol. The maximum atomic E-state index is 13.9. The highest BCUT2D eigenvalue weighted by Gasteiger charge is 2.37. The van der Waals surface area contributed by atoms with Gasteiger partial charge in [-0.15, -0.1) is 0 Å². The van der Waals surface area contributed by atoms with Crippen molar-refractivity contribution in [3.63, 3.8) is 0 Å². The van der Waals surface area contributed by atoms with Crippen molar-refractivity contribution in [2.45, 2.75) is 25.8 Å². The molecule has 1 aromatic heterocycles. The van der Waals surface area contributed by atoms with Crippen LogP contribution in [0.2, 0.25) is 0 Å². The Bertz CT molecular complexity index is 731. The molecule has 2 aromatic rings. The van der Waals surface area contributed by atoms with Crippen molar-refractivity contribution in [3.05, 3.63) is 46.0 Å². The first-order valence-electron chi connectivity index (χ1n) is 7.63. The van der Waals surface area contributed by atoms with E-state index < -0.39 is 5.82 Å². The van der Waals surface area contributed by atoms with Crippen molar-refractivity contribution in [1.29, 1.82) is 0 Å². The summed E-state index contributed by atoms with van der Waals surface area (Å²) in [4.78, 5) is 17.2. The van der Waals surface area contributed by atoms with Gasteiger partial charge in [0.05, 0.1) is 5.52 Å². The maximum Gasteiger partial charge on any atom is 0.189 e. The van der Waals surface area contributed by atoms with Gasteiger partial charge >= 0.3 is 0 Å². The Morgan fingerprint density at radius 1 is 1.41 bits per heavy atom. The molecule has 0 aliphatic heterocycles. The number of aromatic nitrogens is 1. The predicted octanol–water partition coefficient (Wildman–Crippen LogP) is 2.26. The molecule has 0 bridgehead atoms. The Balaban J connectivity index is 1.82. The predicted molar refractivity (Wildman–Crippen MR) is 84.2 cm³/mol. The molecule has 2 N–H and O–H groups in total. The number of aromatic amines is 1. The van der Waals surface area contributed by atoms with Crippen LogP contribution in [-0.2, 0) is 6.54 Å². The van der Waals surface area contributed by atoms with E-state index in [1.807, 2.05) is 7.05 Å². The second-order valence-corrected chi connectivity index (χ2v) is 6.51. The van der Waals surface area contributed by atoms with E-state index in [-0.39, 0.29) is 23.0 Å². The number of hydrogen-bond acceptors (Lipinski definition) is 3. The molecule has 0 amide bonds. The summed E-state index contributed by atoms with van der Waals surface area (Å²) in [6.07, 6.45) is 3.24. The standard InChI is InChI=1S/C17H21FN2O2/c1-20(10-17(11-21)6-3-7-17)9-12-8-15(22)13-4-2-5-14(18)16(13)19-12/h2,4-5,8,21H,3,6-7,9-11H2,1H3,(H,19,22). The molecule has 1 heterocycles. The molecule has 1 fully saturated rings. The molecular formula is C17H21FN2O2. The summed E-state index contributed by atoms with van der Waals surface area (Å²) >= 11 is 0. The van der Waals surface area contributed by atoms with E-state index in [2.05, 4.69) is 9.88 Å². The third-order valence-corrected chi connectivity index (χ3v) is 4.67. The molecule has 0 radical (unpaired) electrons. The van der Waals surface area contributed by atoms with Crippen LogP contribution < -0.4 is 5.43 Å². The third-order valence-electron chi connectivity index (χ3n) is 4.67. The smallest absolute Gasteiger partial charge is 0.189 e. The average molecular weight is 304 g/mol. The largest absolute Gasteiger partial charge is 0.396 e. The number of hydrogen-bond donors (Lipinski definition) is 2. The summed E-state index contributed by atoms with van der Waals surface area (Å²) in [5.41, 5.74) is 0.783. The molecule has 1 aliphatic rings. The van der Waals surface area contributed by atoms with Crippen molar-refractivity contribution >= 4 is 10.9 Å². The Morgan fingerprint density at radius 2 is 2.18 bits per heavy atom. The lowest BCUT2D eigenvalue weighted by molar-refractivity contribution is 0.0125. The van der Waals surface area contributed by atoms with E-state index in [1.165, 1.54) is 12.1 Å². The number of aliphatic hydroxyl groups excluding tert-OH is 1. The molecule has 22 heavy (non-hydrogen) atoms. The van der Waals surface area contributed by atoms with E-state index in [1.54, 1.807) is 12.1 Å². The number of pyridine rings is 1. The first-order chi connectivity index (χ1) is 10.5. The van der Waals surface area contributed by atoms with E-state index in [0.717, 1.165) is 25.8 Å². The Hall–Kier alpha value is -1.72. The van der Waals surface area contributed by atoms with Gasteiger partial charge < -0.3 is 10.1 Å². The van der Waals surface area contributed by atoms with Crippen molar-refractivity contribution in [1.82, 2.24) is 9.88 Å². The van der Waals surface area contributed by atoms with Gasteiger partial charge in [-0.1, -0.05) is 12.5 Å². The molecule has 1 aromatic carbocycles. The van der Waals surface area contributed by atoms with Gasteiger partial charge in [-0.05, 0) is 32.0 Å². The Labute approximate surface area is 128 Å². The second kappa shape index (κ2) is 5.82. The number of para-hydroxylation sites is 1. The number of halogens is 1. The van der Waals surface area contributed by atoms with Crippen LogP contribution in [-0.4, -0.2) is 35.2 Å². The number of nitrogens with zero attached hydrogens (tertiary/aromatic N) is 1. The summed E-state index contributed by atoms with van der Waals surface area (Å²) in [6.45, 7) is 1.50. The lowest BCUT2D eigenvalue weighted by Crippen LogP contribution is -2.43. The third kappa shape index (κ3) is 2.78. The monoisotopic (exact) mass is 304 g/mol. The molecule has 1 saturated carbocycles. The van der Waals surface area contributed by atoms with Crippen LogP contribution in [0.15, 0.2) is 29.1 Å². The molecule has 0 saturated heterocycles. The Morgan fingerprint density at radius 3 is 2.82 bits per heavy atom. The minimum atomic E-state index is -0.412. The highest BCUT2D eigenvalue weighted by Crippen LogP contribution is 2.40. The van der Waals surface area contributed by atoms with Gasteiger partial charge in [-0.3, -0.25) is 9.69 Å². The Kier molecular flexibility index (Phi) is 4.02. The molecule has 1 aliphatic carbocycles. The number of H-pyrrole nitrogens is 1. The molecule has 0 spiro atoms. The molecule has 0 unspecified atom stereocenters. The summed E-state index contributed by atoms with van der Waals surface area (Å²) in [5.74, 6) is -0.412. The maximum absolute atomic E-state index is 13.9. The van der Waals surface area contributed by atoms with E-state index in [9.17, 15) is 14.3 Å². The van der Waals surface area contributed by atoms with Crippen LogP contribution in [0.25, 0.3) is 10.9 Å². The molecule has 0 atom stereocenters. The van der Waals surface area contributed by atoms with Crippen LogP contribution in [0.5, 0.6) is 0 Å². The zero-order chi connectivity index (χ0) is 15.7. The zero-order valence-corrected chi connectivity index (χ0v) is 12.7. The summed E-state index contributed by atoms with van der Waals surface area (Å²) in [6, 6.07) is 6.05. The highest BCUT2D eigenvalue weighted by molar-refractivity contribution is 5.78. The fourth-order valence-corrected chi connectivity index (χ4v) is 3.34. The van der Waals surface area contributed by atoms with Crippen LogP contribution in [0.1, 0.15) is 25.0 Å². The van der Waals surface area contributed by atoms with Crippen molar-refractivity contribution in [2.24, 2.45) is 5.41 Å². The topological polar surface area (TPSA) is 56.3 Å². The highest BCUT2D eigenvalue weighted by atomic mass is 19.1. The lowest BCUT2D eigenvalue weighted by Gasteiger charge is -2.43. The SMILES string of the molecule is CN(Cc1cc(=O)c2cccc(F)c2[nH]1)CC1(CO)CCC1. The normalized spacial score (nSPS) is 16.9. The fourth-order valence-electron chi connectivity index (χ4n) is 3.34. The van der Waals surface area contributed by atoms with Crippen LogP contribution in [0, 0.1) is 11.2 Å². The van der Waals surface area contributed by atoms with Crippen molar-refractivity contribution in [3.8, 4) is 0 Å². The fraction of sp³-hybridized carbons (Fsp3) is 0.471. The van der Waals surface area contributed by atoms with Crippen molar-refractivity contribution < 1.29 is 9.50 Å². The number of rotatable bonds is 5. The minimum absolute atomic E-state index is 0.00283. The van der Waals surface area contributed by atoms with Gasteiger partial charge in [-0.25, -0.2) is 4.39 Å². The van der Waals surface area contributed by atoms with E-state index >= 15 is 0 Å². The lowest BCUT2D eigenvalue weighted by atomic mass is 9.69. The molecule has 3 rings (SSSR count). The summed E-state index contributed by atoms with van der Waals surface area (Å²) < 4.78 is 13.9. The van der Waals surface area contributed by atoms with Gasteiger partial charge in [-0.2, -0.15) is 0 Å². The van der Waals surface area contributed by atoms with Gasteiger partial charge in [0, 0.05) is 42.3 Å². The van der Waals surface area contributed by atoms with Gasteiger partial charge in [0.2, 0.25) is 0 Å². The number of nitrogens with one attached hydrogen (secondary N) is 1. The van der Waals surface area contributed by atoms with Gasteiger partial charge in [0.1, 0.15) is 5.82 Å². The zero-order valence-electron chi connectivity index (χ0n) is 12.7. The average Bonchev–Trinajstić information content (AvgIpc) is 2.44. The van der Waals surface area contributed by atoms with E-state index in [0.29, 0.717) is 17.6 Å². The van der Waals surface area contributed by atoms with Crippen LogP contribution in [0.3, 0.4) is 0 Å². The first-order valence-corrected chi connectivity index (χ1v) is 7.63. The number of aliphatic hydroxyl groups is 1. The van der Waals surface area contributed by atoms with Crippen LogP contribution in [0.4, 0.5) is 4.39 Å². The molecule has 5 heteroatoms. The second-order valence-electron chi connectivity index (χ2n) is 6.51. The summed E-state index contributed by atoms with van der Waals surface area (Å²) in [7, 11) is 1.96. The quantitative estimate of drug-likeness (QED) is 0.891. The van der Waals surface area contributed by atoms with Crippen LogP contribution >= 0.6 is 0 Å². The van der Waals surface area contributed by atoms with Crippen molar-refractivity contribution in [2.75, 3.05) is 20.2 Å². The molecule has 118 valence electrons. The van der Waals surface area contributed by atoms with Gasteiger partial charge in [0.15, 0.2) is 5.43 Å². The number of benzene rings is 1. The summed E-state index contributed by atoms with van der Waals surface area (Å²) in [5, 5.41) is 9.91. The van der Waals surface area contributed by atoms with E-state index in [4.69, 9.17) is 0 Å². The minimum Gasteiger partial charge on any atom is -0.396 e.